The van der Waals surface area contributed by atoms with Crippen LogP contribution in [0.5, 0.6) is 0 Å². The second-order valence-corrected chi connectivity index (χ2v) is 9.43. The summed E-state index contributed by atoms with van der Waals surface area (Å²) >= 11 is 2.20. The molecule has 1 nitrogen and oxygen atoms in total. The fourth-order valence-corrected chi connectivity index (χ4v) is 2.53. The van der Waals surface area contributed by atoms with Crippen molar-refractivity contribution in [2.45, 2.75) is 62.3 Å². The predicted octanol–water partition coefficient (Wildman–Crippen LogP) is 5.83. The van der Waals surface area contributed by atoms with Gasteiger partial charge in [0.25, 0.3) is 0 Å². The van der Waals surface area contributed by atoms with E-state index in [-0.39, 0.29) is 10.8 Å². The maximum atomic E-state index is 5.06. The van der Waals surface area contributed by atoms with Crippen molar-refractivity contribution < 1.29 is 0 Å². The van der Waals surface area contributed by atoms with E-state index in [1.54, 1.807) is 0 Å². The van der Waals surface area contributed by atoms with Gasteiger partial charge in [-0.05, 0) is 0 Å². The van der Waals surface area contributed by atoms with Gasteiger partial charge in [-0.1, -0.05) is 0 Å². The Morgan fingerprint density at radius 2 is 1.36 bits per heavy atom. The number of aliphatic imine (C=N–C) groups is 1. The molecule has 3 radical (unpaired) electrons. The fourth-order valence-electron chi connectivity index (χ4n) is 2.24. The van der Waals surface area contributed by atoms with Crippen LogP contribution >= 0.6 is 0 Å². The first kappa shape index (κ1) is 19.2. The first-order chi connectivity index (χ1) is 9.82. The van der Waals surface area contributed by atoms with Crippen LogP contribution in [-0.4, -0.2) is 22.2 Å². The summed E-state index contributed by atoms with van der Waals surface area (Å²) in [4.78, 5) is 5.06. The van der Waals surface area contributed by atoms with Crippen LogP contribution in [0.15, 0.2) is 27.6 Å². The Labute approximate surface area is 145 Å². The van der Waals surface area contributed by atoms with Gasteiger partial charge in [-0.2, -0.15) is 0 Å². The van der Waals surface area contributed by atoms with E-state index in [1.807, 2.05) is 0 Å². The Morgan fingerprint density at radius 1 is 0.909 bits per heavy atom. The second kappa shape index (κ2) is 6.74. The molecule has 0 aromatic heterocycles. The van der Waals surface area contributed by atoms with Crippen LogP contribution in [0.4, 0.5) is 5.69 Å². The van der Waals surface area contributed by atoms with Crippen LogP contribution in [0.25, 0.3) is 0 Å². The standard InChI is InChI=1S/C20H30GeN/c1-13-10-14(2)18(15(3)11-13)22-17(20(7,8)9)12-16(21)19(4,5)6/h10-12H,1-9H3/b16-12-,22-17?. The summed E-state index contributed by atoms with van der Waals surface area (Å²) in [6, 6.07) is 4.43. The van der Waals surface area contributed by atoms with Crippen molar-refractivity contribution in [3.63, 3.8) is 0 Å². The van der Waals surface area contributed by atoms with Gasteiger partial charge in [0.2, 0.25) is 0 Å². The number of hydrogen-bond acceptors (Lipinski definition) is 1. The third kappa shape index (κ3) is 5.12. The minimum absolute atomic E-state index is 0.0241. The summed E-state index contributed by atoms with van der Waals surface area (Å²) in [6.07, 6.45) is 2.28. The molecular weight excluding hydrogens is 327 g/mol. The Morgan fingerprint density at radius 3 is 1.73 bits per heavy atom. The van der Waals surface area contributed by atoms with Gasteiger partial charge in [0.15, 0.2) is 0 Å². The molecule has 119 valence electrons. The number of aryl methyl sites for hydroxylation is 3. The topological polar surface area (TPSA) is 12.4 Å². The van der Waals surface area contributed by atoms with E-state index in [0.717, 1.165) is 11.4 Å². The molecular formula is C20H30GeN. The Bertz CT molecular complexity index is 585. The molecule has 0 unspecified atom stereocenters. The van der Waals surface area contributed by atoms with Crippen molar-refractivity contribution in [3.05, 3.63) is 39.3 Å². The maximum absolute atomic E-state index is 5.06. The zero-order valence-electron chi connectivity index (χ0n) is 15.7. The summed E-state index contributed by atoms with van der Waals surface area (Å²) < 4.78 is 1.36. The third-order valence-corrected chi connectivity index (χ3v) is 5.60. The Hall–Kier alpha value is -0.827. The van der Waals surface area contributed by atoms with Gasteiger partial charge >= 0.3 is 145 Å². The summed E-state index contributed by atoms with van der Waals surface area (Å²) in [6.45, 7) is 19.9. The molecule has 2 heteroatoms. The van der Waals surface area contributed by atoms with Gasteiger partial charge in [0.1, 0.15) is 0 Å². The number of benzene rings is 1. The van der Waals surface area contributed by atoms with Crippen LogP contribution in [0, 0.1) is 31.6 Å². The van der Waals surface area contributed by atoms with Crippen molar-refractivity contribution >= 4 is 27.9 Å². The van der Waals surface area contributed by atoms with Crippen molar-refractivity contribution in [2.24, 2.45) is 15.8 Å². The molecule has 0 heterocycles. The molecule has 0 aliphatic carbocycles. The van der Waals surface area contributed by atoms with Crippen LogP contribution in [0.2, 0.25) is 0 Å². The summed E-state index contributed by atoms with van der Waals surface area (Å²) in [5.74, 6) is 0. The van der Waals surface area contributed by atoms with E-state index in [0.29, 0.717) is 0 Å². The van der Waals surface area contributed by atoms with E-state index < -0.39 is 0 Å². The average molecular weight is 357 g/mol. The molecule has 1 rings (SSSR count). The summed E-state index contributed by atoms with van der Waals surface area (Å²) in [5, 5.41) is 0. The molecule has 0 fully saturated rings. The number of allylic oxidation sites excluding steroid dienone is 2. The monoisotopic (exact) mass is 358 g/mol. The molecule has 0 spiro atoms. The first-order valence-corrected chi connectivity index (χ1v) is 8.98. The molecule has 0 aliphatic heterocycles. The molecule has 1 aromatic carbocycles. The zero-order valence-corrected chi connectivity index (χ0v) is 17.8. The van der Waals surface area contributed by atoms with Gasteiger partial charge < -0.3 is 0 Å². The molecule has 22 heavy (non-hydrogen) atoms. The zero-order chi connectivity index (χ0) is 17.3. The van der Waals surface area contributed by atoms with Gasteiger partial charge in [-0.3, -0.25) is 0 Å². The number of hydrogen-bond donors (Lipinski definition) is 0. The Kier molecular flexibility index (Phi) is 5.89. The molecule has 0 bridgehead atoms. The summed E-state index contributed by atoms with van der Waals surface area (Å²) in [5.41, 5.74) is 6.26. The van der Waals surface area contributed by atoms with Crippen LogP contribution in [0.3, 0.4) is 0 Å². The number of nitrogens with zero attached hydrogens (tertiary/aromatic N) is 1. The SMILES string of the molecule is Cc1cc(C)c(N=C(/C=[C](\[Ge])C(C)(C)C)C(C)(C)C)c(C)c1. The second-order valence-electron chi connectivity index (χ2n) is 8.30. The molecule has 0 atom stereocenters. The molecule has 0 N–H and O–H groups in total. The molecule has 0 amide bonds. The fraction of sp³-hybridized carbons (Fsp3) is 0.550. The van der Waals surface area contributed by atoms with Crippen molar-refractivity contribution in [3.8, 4) is 0 Å². The van der Waals surface area contributed by atoms with E-state index in [2.05, 4.69) is 97.0 Å². The third-order valence-electron chi connectivity index (χ3n) is 3.73. The van der Waals surface area contributed by atoms with E-state index >= 15 is 0 Å². The van der Waals surface area contributed by atoms with Gasteiger partial charge in [0, 0.05) is 0 Å². The predicted molar refractivity (Wildman–Crippen MR) is 100 cm³/mol. The van der Waals surface area contributed by atoms with Gasteiger partial charge in [-0.15, -0.1) is 0 Å². The van der Waals surface area contributed by atoms with E-state index in [1.165, 1.54) is 21.1 Å². The molecule has 0 saturated heterocycles. The molecule has 0 aliphatic rings. The van der Waals surface area contributed by atoms with Gasteiger partial charge in [-0.25, -0.2) is 0 Å². The average Bonchev–Trinajstić information content (AvgIpc) is 2.28. The quantitative estimate of drug-likeness (QED) is 0.467. The minimum atomic E-state index is 0.0241. The number of rotatable bonds is 2. The molecule has 0 saturated carbocycles. The van der Waals surface area contributed by atoms with Crippen LogP contribution < -0.4 is 0 Å². The Balaban J connectivity index is 3.49. The van der Waals surface area contributed by atoms with Gasteiger partial charge in [0.05, 0.1) is 0 Å². The van der Waals surface area contributed by atoms with Crippen LogP contribution in [-0.2, 0) is 0 Å². The van der Waals surface area contributed by atoms with Crippen LogP contribution in [0.1, 0.15) is 58.2 Å². The van der Waals surface area contributed by atoms with E-state index in [9.17, 15) is 0 Å². The normalized spacial score (nSPS) is 14.5. The summed E-state index contributed by atoms with van der Waals surface area (Å²) in [7, 11) is 0. The molecule has 1 aromatic rings. The van der Waals surface area contributed by atoms with E-state index in [4.69, 9.17) is 4.99 Å². The van der Waals surface area contributed by atoms with Crippen molar-refractivity contribution in [2.75, 3.05) is 0 Å². The first-order valence-electron chi connectivity index (χ1n) is 7.93. The van der Waals surface area contributed by atoms with Crippen molar-refractivity contribution in [1.29, 1.82) is 0 Å². The van der Waals surface area contributed by atoms with Crippen molar-refractivity contribution in [1.82, 2.24) is 0 Å².